The molecule has 146 valence electrons. The van der Waals surface area contributed by atoms with E-state index in [4.69, 9.17) is 11.6 Å². The van der Waals surface area contributed by atoms with Gasteiger partial charge in [-0.3, -0.25) is 19.8 Å². The second kappa shape index (κ2) is 8.22. The largest absolute Gasteiger partial charge is 0.308 e. The van der Waals surface area contributed by atoms with E-state index in [-0.39, 0.29) is 16.3 Å². The quantitative estimate of drug-likeness (QED) is 0.438. The number of benzene rings is 2. The fraction of sp³-hybridized carbons (Fsp3) is 0.263. The Hall–Kier alpha value is -2.55. The first-order valence-corrected chi connectivity index (χ1v) is 9.73. The highest BCUT2D eigenvalue weighted by atomic mass is 35.5. The zero-order valence-electron chi connectivity index (χ0n) is 15.7. The maximum Gasteiger partial charge on any atom is 0.270 e. The van der Waals surface area contributed by atoms with Gasteiger partial charge in [0.2, 0.25) is 0 Å². The molecule has 3 rings (SSSR count). The van der Waals surface area contributed by atoms with Gasteiger partial charge in [0.05, 0.1) is 25.7 Å². The summed E-state index contributed by atoms with van der Waals surface area (Å²) in [6.45, 7) is 2.98. The summed E-state index contributed by atoms with van der Waals surface area (Å²) in [6.07, 6.45) is 0. The second-order valence-corrected chi connectivity index (χ2v) is 8.07. The molecule has 0 unspecified atom stereocenters. The van der Waals surface area contributed by atoms with E-state index >= 15 is 0 Å². The second-order valence-electron chi connectivity index (χ2n) is 6.65. The van der Waals surface area contributed by atoms with E-state index in [1.807, 2.05) is 44.1 Å². The molecule has 0 spiro atoms. The highest BCUT2D eigenvalue weighted by Gasteiger charge is 2.25. The summed E-state index contributed by atoms with van der Waals surface area (Å²) in [7, 11) is 3.81. The van der Waals surface area contributed by atoms with Crippen molar-refractivity contribution in [3.8, 4) is 0 Å². The Morgan fingerprint density at radius 3 is 2.64 bits per heavy atom. The average molecular weight is 419 g/mol. The molecule has 0 fully saturated rings. The topological polar surface area (TPSA) is 79.6 Å². The maximum absolute atomic E-state index is 13.3. The molecule has 2 aromatic carbocycles. The normalized spacial score (nSPS) is 11.2. The number of hydrogen-bond acceptors (Lipinski definition) is 6. The number of halogens is 1. The third kappa shape index (κ3) is 4.30. The number of hydrogen-bond donors (Lipinski definition) is 0. The summed E-state index contributed by atoms with van der Waals surface area (Å²) >= 11 is 7.60. The van der Waals surface area contributed by atoms with E-state index in [0.29, 0.717) is 18.2 Å². The van der Waals surface area contributed by atoms with Crippen LogP contribution in [0, 0.1) is 17.0 Å². The molecule has 0 N–H and O–H groups in total. The van der Waals surface area contributed by atoms with Crippen LogP contribution >= 0.6 is 22.9 Å². The van der Waals surface area contributed by atoms with Crippen LogP contribution in [-0.2, 0) is 0 Å². The number of aryl methyl sites for hydroxylation is 1. The summed E-state index contributed by atoms with van der Waals surface area (Å²) in [6, 6.07) is 9.77. The van der Waals surface area contributed by atoms with Crippen LogP contribution < -0.4 is 4.90 Å². The first kappa shape index (κ1) is 20.2. The molecule has 3 aromatic rings. The molecule has 1 heterocycles. The molecule has 0 aliphatic heterocycles. The highest BCUT2D eigenvalue weighted by Crippen LogP contribution is 2.32. The molecule has 0 saturated carbocycles. The number of carbonyl (C=O) groups is 1. The lowest BCUT2D eigenvalue weighted by Gasteiger charge is -2.22. The maximum atomic E-state index is 13.3. The van der Waals surface area contributed by atoms with Crippen molar-refractivity contribution in [2.75, 3.05) is 32.1 Å². The molecule has 28 heavy (non-hydrogen) atoms. The van der Waals surface area contributed by atoms with Gasteiger partial charge < -0.3 is 4.90 Å². The Morgan fingerprint density at radius 2 is 1.96 bits per heavy atom. The van der Waals surface area contributed by atoms with Crippen molar-refractivity contribution < 1.29 is 9.72 Å². The number of anilines is 1. The van der Waals surface area contributed by atoms with Gasteiger partial charge in [-0.15, -0.1) is 0 Å². The number of likely N-dealkylation sites (N-methyl/N-ethyl adjacent to an activating group) is 1. The predicted molar refractivity (Wildman–Crippen MR) is 113 cm³/mol. The van der Waals surface area contributed by atoms with Crippen LogP contribution in [0.4, 0.5) is 10.8 Å². The van der Waals surface area contributed by atoms with Crippen molar-refractivity contribution in [3.63, 3.8) is 0 Å². The molecule has 1 amide bonds. The lowest BCUT2D eigenvalue weighted by Crippen LogP contribution is -2.37. The molecular weight excluding hydrogens is 400 g/mol. The monoisotopic (exact) mass is 418 g/mol. The summed E-state index contributed by atoms with van der Waals surface area (Å²) in [5.41, 5.74) is 1.82. The molecule has 7 nitrogen and oxygen atoms in total. The number of nitro benzene ring substituents is 1. The Labute approximate surface area is 171 Å². The molecular formula is C19H19ClN4O3S. The van der Waals surface area contributed by atoms with E-state index in [1.54, 1.807) is 0 Å². The minimum atomic E-state index is -0.544. The molecule has 0 aliphatic carbocycles. The van der Waals surface area contributed by atoms with Crippen LogP contribution in [0.15, 0.2) is 36.4 Å². The number of non-ortho nitro benzene ring substituents is 1. The van der Waals surface area contributed by atoms with Gasteiger partial charge in [0, 0.05) is 25.2 Å². The number of aromatic nitrogens is 1. The van der Waals surface area contributed by atoms with Crippen molar-refractivity contribution in [2.45, 2.75) is 6.92 Å². The zero-order valence-corrected chi connectivity index (χ0v) is 17.3. The fourth-order valence-corrected chi connectivity index (χ4v) is 3.94. The van der Waals surface area contributed by atoms with E-state index in [2.05, 4.69) is 4.98 Å². The van der Waals surface area contributed by atoms with Crippen LogP contribution in [-0.4, -0.2) is 47.9 Å². The molecule has 0 aliphatic rings. The minimum absolute atomic E-state index is 0.0880. The van der Waals surface area contributed by atoms with Gasteiger partial charge in [0.15, 0.2) is 5.13 Å². The number of rotatable bonds is 6. The number of nitro groups is 1. The number of carbonyl (C=O) groups excluding carboxylic acids is 1. The lowest BCUT2D eigenvalue weighted by molar-refractivity contribution is -0.384. The van der Waals surface area contributed by atoms with Crippen LogP contribution in [0.25, 0.3) is 10.2 Å². The standard InChI is InChI=1S/C19H19ClN4O3S/c1-12-4-7-16-17(10-12)28-19(21-16)23(9-8-22(2)3)18(25)14-11-13(24(26)27)5-6-15(14)20/h4-7,10-11H,8-9H2,1-3H3. The van der Waals surface area contributed by atoms with Crippen molar-refractivity contribution >= 4 is 49.9 Å². The van der Waals surface area contributed by atoms with Crippen LogP contribution in [0.2, 0.25) is 5.02 Å². The number of amides is 1. The fourth-order valence-electron chi connectivity index (χ4n) is 2.66. The van der Waals surface area contributed by atoms with Crippen LogP contribution in [0.5, 0.6) is 0 Å². The van der Waals surface area contributed by atoms with Gasteiger partial charge in [-0.1, -0.05) is 29.0 Å². The van der Waals surface area contributed by atoms with E-state index in [0.717, 1.165) is 15.8 Å². The third-order valence-corrected chi connectivity index (χ3v) is 5.54. The van der Waals surface area contributed by atoms with Crippen molar-refractivity contribution in [3.05, 3.63) is 62.7 Å². The van der Waals surface area contributed by atoms with Gasteiger partial charge in [-0.25, -0.2) is 4.98 Å². The zero-order chi connectivity index (χ0) is 20.4. The number of nitrogens with zero attached hydrogens (tertiary/aromatic N) is 4. The Bertz CT molecular complexity index is 1050. The van der Waals surface area contributed by atoms with Gasteiger partial charge in [-0.2, -0.15) is 0 Å². The van der Waals surface area contributed by atoms with Crippen LogP contribution in [0.1, 0.15) is 15.9 Å². The number of thiazole rings is 1. The lowest BCUT2D eigenvalue weighted by atomic mass is 10.1. The van der Waals surface area contributed by atoms with Gasteiger partial charge >= 0.3 is 0 Å². The Morgan fingerprint density at radius 1 is 1.21 bits per heavy atom. The van der Waals surface area contributed by atoms with Gasteiger partial charge in [0.25, 0.3) is 11.6 Å². The molecule has 0 bridgehead atoms. The molecule has 9 heteroatoms. The molecule has 0 atom stereocenters. The minimum Gasteiger partial charge on any atom is -0.308 e. The first-order chi connectivity index (χ1) is 13.3. The van der Waals surface area contributed by atoms with E-state index < -0.39 is 10.8 Å². The van der Waals surface area contributed by atoms with Crippen molar-refractivity contribution in [1.82, 2.24) is 9.88 Å². The highest BCUT2D eigenvalue weighted by molar-refractivity contribution is 7.22. The number of fused-ring (bicyclic) bond motifs is 1. The smallest absolute Gasteiger partial charge is 0.270 e. The van der Waals surface area contributed by atoms with Gasteiger partial charge in [0.1, 0.15) is 0 Å². The van der Waals surface area contributed by atoms with E-state index in [9.17, 15) is 14.9 Å². The third-order valence-electron chi connectivity index (χ3n) is 4.17. The summed E-state index contributed by atoms with van der Waals surface area (Å²) in [5, 5.41) is 11.8. The van der Waals surface area contributed by atoms with Gasteiger partial charge in [-0.05, 0) is 44.8 Å². The summed E-state index contributed by atoms with van der Waals surface area (Å²) in [5.74, 6) is -0.411. The van der Waals surface area contributed by atoms with Crippen molar-refractivity contribution in [1.29, 1.82) is 0 Å². The Kier molecular flexibility index (Phi) is 5.93. The first-order valence-electron chi connectivity index (χ1n) is 8.54. The van der Waals surface area contributed by atoms with Crippen LogP contribution in [0.3, 0.4) is 0 Å². The Balaban J connectivity index is 2.05. The molecule has 0 radical (unpaired) electrons. The average Bonchev–Trinajstić information content (AvgIpc) is 3.04. The summed E-state index contributed by atoms with van der Waals surface area (Å²) in [4.78, 5) is 31.9. The van der Waals surface area contributed by atoms with Crippen molar-refractivity contribution in [2.24, 2.45) is 0 Å². The predicted octanol–water partition coefficient (Wildman–Crippen LogP) is 4.37. The molecule has 0 saturated heterocycles. The summed E-state index contributed by atoms with van der Waals surface area (Å²) < 4.78 is 0.975. The van der Waals surface area contributed by atoms with E-state index in [1.165, 1.54) is 34.4 Å². The molecule has 1 aromatic heterocycles. The SMILES string of the molecule is Cc1ccc2nc(N(CCN(C)C)C(=O)c3cc([N+](=O)[O-])ccc3Cl)sc2c1.